The molecule has 20 heavy (non-hydrogen) atoms. The lowest BCUT2D eigenvalue weighted by molar-refractivity contribution is 0.494. The highest BCUT2D eigenvalue weighted by atomic mass is 79.9. The minimum absolute atomic E-state index is 0.123. The summed E-state index contributed by atoms with van der Waals surface area (Å²) in [5.74, 6) is 0. The van der Waals surface area contributed by atoms with E-state index >= 15 is 0 Å². The van der Waals surface area contributed by atoms with E-state index in [0.717, 1.165) is 23.5 Å². The summed E-state index contributed by atoms with van der Waals surface area (Å²) in [5, 5.41) is 6.15. The largest absolute Gasteiger partial charge is 0.273 e. The molecule has 2 rings (SSSR count). The van der Waals surface area contributed by atoms with Crippen LogP contribution in [-0.2, 0) is 18.9 Å². The minimum atomic E-state index is 0.123. The van der Waals surface area contributed by atoms with Crippen molar-refractivity contribution in [1.29, 1.82) is 0 Å². The molecule has 2 nitrogen and oxygen atoms in total. The van der Waals surface area contributed by atoms with Crippen LogP contribution in [-0.4, -0.2) is 20.4 Å². The summed E-state index contributed by atoms with van der Waals surface area (Å²) in [6, 6.07) is 11.0. The van der Waals surface area contributed by atoms with E-state index < -0.39 is 0 Å². The molecule has 0 bridgehead atoms. The first-order valence-electron chi connectivity index (χ1n) is 6.77. The van der Waals surface area contributed by atoms with Gasteiger partial charge in [-0.1, -0.05) is 61.7 Å². The number of aromatic nitrogens is 2. The van der Waals surface area contributed by atoms with Crippen molar-refractivity contribution in [3.8, 4) is 0 Å². The predicted octanol–water partition coefficient (Wildman–Crippen LogP) is 4.39. The zero-order valence-electron chi connectivity index (χ0n) is 11.9. The van der Waals surface area contributed by atoms with Crippen LogP contribution in [0.2, 0.25) is 0 Å². The number of rotatable bonds is 6. The van der Waals surface area contributed by atoms with Gasteiger partial charge in [0, 0.05) is 35.0 Å². The molecule has 108 valence electrons. The molecule has 0 saturated heterocycles. The zero-order valence-corrected chi connectivity index (χ0v) is 15.1. The Morgan fingerprint density at radius 3 is 2.25 bits per heavy atom. The summed E-state index contributed by atoms with van der Waals surface area (Å²) in [6.07, 6.45) is 3.98. The van der Waals surface area contributed by atoms with E-state index in [9.17, 15) is 0 Å². The first-order chi connectivity index (χ1) is 9.61. The van der Waals surface area contributed by atoms with E-state index in [1.165, 1.54) is 16.8 Å². The molecule has 0 unspecified atom stereocenters. The molecule has 0 amide bonds. The van der Waals surface area contributed by atoms with Crippen molar-refractivity contribution in [3.05, 3.63) is 53.3 Å². The Hall–Kier alpha value is -0.610. The van der Waals surface area contributed by atoms with Crippen molar-refractivity contribution < 1.29 is 0 Å². The van der Waals surface area contributed by atoms with Crippen LogP contribution in [0, 0.1) is 6.92 Å². The Morgan fingerprint density at radius 1 is 1.10 bits per heavy atom. The van der Waals surface area contributed by atoms with Gasteiger partial charge in [-0.25, -0.2) is 0 Å². The standard InChI is InChI=1S/C16H20Br2N2/c1-13-3-5-14(6-4-13)16(11-17,12-18)9-7-15-8-10-19-20(15)2/h3-6,8,10H,7,9,11-12H2,1-2H3. The summed E-state index contributed by atoms with van der Waals surface area (Å²) in [6.45, 7) is 2.13. The zero-order chi connectivity index (χ0) is 14.6. The van der Waals surface area contributed by atoms with Crippen molar-refractivity contribution in [2.24, 2.45) is 7.05 Å². The monoisotopic (exact) mass is 398 g/mol. The van der Waals surface area contributed by atoms with Crippen LogP contribution < -0.4 is 0 Å². The maximum Gasteiger partial charge on any atom is 0.0492 e. The van der Waals surface area contributed by atoms with Crippen molar-refractivity contribution in [2.45, 2.75) is 25.2 Å². The van der Waals surface area contributed by atoms with Crippen molar-refractivity contribution in [3.63, 3.8) is 0 Å². The Bertz CT molecular complexity index is 542. The molecule has 0 atom stereocenters. The van der Waals surface area contributed by atoms with E-state index in [2.05, 4.69) is 74.2 Å². The number of benzene rings is 1. The van der Waals surface area contributed by atoms with Gasteiger partial charge in [0.2, 0.25) is 0 Å². The van der Waals surface area contributed by atoms with Crippen LogP contribution in [0.25, 0.3) is 0 Å². The normalized spacial score (nSPS) is 11.8. The van der Waals surface area contributed by atoms with E-state index in [-0.39, 0.29) is 5.41 Å². The highest BCUT2D eigenvalue weighted by molar-refractivity contribution is 9.09. The summed E-state index contributed by atoms with van der Waals surface area (Å²) >= 11 is 7.44. The highest BCUT2D eigenvalue weighted by Gasteiger charge is 2.30. The Labute approximate surface area is 137 Å². The van der Waals surface area contributed by atoms with Crippen LogP contribution in [0.15, 0.2) is 36.5 Å². The number of nitrogens with zero attached hydrogens (tertiary/aromatic N) is 2. The molecule has 1 heterocycles. The average Bonchev–Trinajstić information content (AvgIpc) is 2.88. The molecule has 4 heteroatoms. The van der Waals surface area contributed by atoms with Crippen molar-refractivity contribution >= 4 is 31.9 Å². The lowest BCUT2D eigenvalue weighted by atomic mass is 9.80. The first-order valence-corrected chi connectivity index (χ1v) is 9.01. The molecule has 0 aliphatic rings. The van der Waals surface area contributed by atoms with Crippen LogP contribution in [0.4, 0.5) is 0 Å². The predicted molar refractivity (Wildman–Crippen MR) is 92.0 cm³/mol. The van der Waals surface area contributed by atoms with E-state index in [0.29, 0.717) is 0 Å². The molecular weight excluding hydrogens is 380 g/mol. The average molecular weight is 400 g/mol. The van der Waals surface area contributed by atoms with Crippen LogP contribution in [0.1, 0.15) is 23.2 Å². The van der Waals surface area contributed by atoms with Gasteiger partial charge in [-0.2, -0.15) is 5.10 Å². The third-order valence-corrected chi connectivity index (χ3v) is 6.10. The fraction of sp³-hybridized carbons (Fsp3) is 0.438. The summed E-state index contributed by atoms with van der Waals surface area (Å²) in [4.78, 5) is 0. The van der Waals surface area contributed by atoms with Gasteiger partial charge in [0.25, 0.3) is 0 Å². The topological polar surface area (TPSA) is 17.8 Å². The molecule has 0 saturated carbocycles. The second-order valence-electron chi connectivity index (χ2n) is 5.36. The highest BCUT2D eigenvalue weighted by Crippen LogP contribution is 2.34. The van der Waals surface area contributed by atoms with Gasteiger partial charge in [-0.3, -0.25) is 4.68 Å². The van der Waals surface area contributed by atoms with Crippen LogP contribution in [0.5, 0.6) is 0 Å². The maximum absolute atomic E-state index is 4.25. The third-order valence-electron chi connectivity index (χ3n) is 3.96. The molecule has 0 radical (unpaired) electrons. The van der Waals surface area contributed by atoms with Gasteiger partial charge in [0.15, 0.2) is 0 Å². The minimum Gasteiger partial charge on any atom is -0.273 e. The van der Waals surface area contributed by atoms with E-state index in [1.807, 2.05) is 17.9 Å². The van der Waals surface area contributed by atoms with Crippen LogP contribution in [0.3, 0.4) is 0 Å². The molecular formula is C16H20Br2N2. The molecule has 2 aromatic rings. The van der Waals surface area contributed by atoms with Gasteiger partial charge >= 0.3 is 0 Å². The Balaban J connectivity index is 2.21. The van der Waals surface area contributed by atoms with Crippen molar-refractivity contribution in [2.75, 3.05) is 10.7 Å². The van der Waals surface area contributed by atoms with Gasteiger partial charge in [0.1, 0.15) is 0 Å². The number of hydrogen-bond acceptors (Lipinski definition) is 1. The molecule has 0 N–H and O–H groups in total. The number of aryl methyl sites for hydroxylation is 3. The summed E-state index contributed by atoms with van der Waals surface area (Å²) < 4.78 is 1.96. The van der Waals surface area contributed by atoms with Gasteiger partial charge in [-0.05, 0) is 31.4 Å². The quantitative estimate of drug-likeness (QED) is 0.658. The first kappa shape index (κ1) is 15.8. The second-order valence-corrected chi connectivity index (χ2v) is 6.48. The van der Waals surface area contributed by atoms with Gasteiger partial charge in [-0.15, -0.1) is 0 Å². The number of halogens is 2. The Kier molecular flexibility index (Phi) is 5.44. The van der Waals surface area contributed by atoms with E-state index in [1.54, 1.807) is 0 Å². The Morgan fingerprint density at radius 2 is 1.75 bits per heavy atom. The molecule has 0 aliphatic carbocycles. The summed E-state index contributed by atoms with van der Waals surface area (Å²) in [7, 11) is 2.01. The lowest BCUT2D eigenvalue weighted by Gasteiger charge is -2.31. The molecule has 1 aromatic carbocycles. The fourth-order valence-corrected chi connectivity index (χ4v) is 4.53. The van der Waals surface area contributed by atoms with Crippen molar-refractivity contribution in [1.82, 2.24) is 9.78 Å². The fourth-order valence-electron chi connectivity index (χ4n) is 2.39. The van der Waals surface area contributed by atoms with Gasteiger partial charge in [0.05, 0.1) is 0 Å². The lowest BCUT2D eigenvalue weighted by Crippen LogP contribution is -2.31. The van der Waals surface area contributed by atoms with E-state index in [4.69, 9.17) is 0 Å². The van der Waals surface area contributed by atoms with Crippen LogP contribution >= 0.6 is 31.9 Å². The maximum atomic E-state index is 4.25. The molecule has 0 aliphatic heterocycles. The van der Waals surface area contributed by atoms with Gasteiger partial charge < -0.3 is 0 Å². The number of alkyl halides is 2. The third kappa shape index (κ3) is 3.34. The molecule has 0 spiro atoms. The SMILES string of the molecule is Cc1ccc(C(CBr)(CBr)CCc2ccnn2C)cc1. The smallest absolute Gasteiger partial charge is 0.0492 e. The number of hydrogen-bond donors (Lipinski definition) is 0. The second kappa shape index (κ2) is 6.90. The molecule has 0 fully saturated rings. The molecule has 1 aromatic heterocycles. The summed E-state index contributed by atoms with van der Waals surface area (Å²) in [5.41, 5.74) is 4.10.